The van der Waals surface area contributed by atoms with Crippen molar-refractivity contribution in [3.05, 3.63) is 51.9 Å². The van der Waals surface area contributed by atoms with Crippen LogP contribution in [0.5, 0.6) is 0 Å². The molecule has 1 amide bonds. The first-order chi connectivity index (χ1) is 12.2. The lowest BCUT2D eigenvalue weighted by Crippen LogP contribution is -2.47. The molecule has 0 spiro atoms. The second-order valence-electron chi connectivity index (χ2n) is 7.58. The summed E-state index contributed by atoms with van der Waals surface area (Å²) in [5, 5.41) is 21.6. The van der Waals surface area contributed by atoms with Gasteiger partial charge >= 0.3 is 0 Å². The van der Waals surface area contributed by atoms with Gasteiger partial charge in [-0.1, -0.05) is 12.1 Å². The fourth-order valence-corrected chi connectivity index (χ4v) is 4.57. The number of hydrogen-bond acceptors (Lipinski definition) is 5. The van der Waals surface area contributed by atoms with Crippen molar-refractivity contribution in [3.8, 4) is 0 Å². The van der Waals surface area contributed by atoms with Crippen molar-refractivity contribution in [2.75, 3.05) is 12.4 Å². The normalized spacial score (nSPS) is 23.2. The molecule has 1 atom stereocenters. The zero-order valence-electron chi connectivity index (χ0n) is 15.2. The second kappa shape index (κ2) is 5.06. The number of rotatable bonds is 2. The topological polar surface area (TPSA) is 93.5 Å². The molecule has 0 bridgehead atoms. The summed E-state index contributed by atoms with van der Waals surface area (Å²) in [4.78, 5) is 27.8. The maximum absolute atomic E-state index is 13.4. The number of Topliss-reactive ketones (excluding diaryl/α,β-unsaturated/α-hetero) is 1. The lowest BCUT2D eigenvalue weighted by atomic mass is 9.71. The van der Waals surface area contributed by atoms with Gasteiger partial charge in [0.1, 0.15) is 5.57 Å². The Kier molecular flexibility index (Phi) is 3.23. The van der Waals surface area contributed by atoms with E-state index >= 15 is 0 Å². The summed E-state index contributed by atoms with van der Waals surface area (Å²) in [6, 6.07) is 5.71. The summed E-state index contributed by atoms with van der Waals surface area (Å²) < 4.78 is 0. The molecular formula is C20H21N3O3. The maximum Gasteiger partial charge on any atom is 0.264 e. The number of amides is 1. The molecule has 0 aromatic heterocycles. The van der Waals surface area contributed by atoms with Crippen LogP contribution in [0.15, 0.2) is 40.8 Å². The highest BCUT2D eigenvalue weighted by Crippen LogP contribution is 2.53. The predicted octanol–water partition coefficient (Wildman–Crippen LogP) is 2.82. The highest BCUT2D eigenvalue weighted by atomic mass is 16.3. The lowest BCUT2D eigenvalue weighted by molar-refractivity contribution is -0.127. The number of nitrogens with zero attached hydrogens (tertiary/aromatic N) is 1. The van der Waals surface area contributed by atoms with Crippen LogP contribution in [-0.4, -0.2) is 40.0 Å². The van der Waals surface area contributed by atoms with Gasteiger partial charge in [0, 0.05) is 35.5 Å². The van der Waals surface area contributed by atoms with Gasteiger partial charge in [-0.05, 0) is 38.8 Å². The molecule has 134 valence electrons. The fourth-order valence-electron chi connectivity index (χ4n) is 4.57. The summed E-state index contributed by atoms with van der Waals surface area (Å²) in [5.74, 6) is -0.993. The molecule has 3 aliphatic rings. The van der Waals surface area contributed by atoms with Crippen molar-refractivity contribution in [1.29, 1.82) is 5.41 Å². The van der Waals surface area contributed by atoms with Crippen LogP contribution in [0.3, 0.4) is 0 Å². The average molecular weight is 351 g/mol. The third-order valence-electron chi connectivity index (χ3n) is 5.83. The number of aliphatic hydroxyl groups is 1. The number of aliphatic hydroxyl groups excluding tert-OH is 1. The molecule has 6 nitrogen and oxygen atoms in total. The third kappa shape index (κ3) is 1.79. The molecule has 0 saturated heterocycles. The summed E-state index contributed by atoms with van der Waals surface area (Å²) in [6.45, 7) is 5.30. The molecule has 3 N–H and O–H groups in total. The van der Waals surface area contributed by atoms with Gasteiger partial charge in [-0.3, -0.25) is 14.5 Å². The molecule has 0 fully saturated rings. The van der Waals surface area contributed by atoms with Crippen molar-refractivity contribution in [2.45, 2.75) is 32.7 Å². The van der Waals surface area contributed by atoms with Crippen LogP contribution < -0.4 is 5.32 Å². The summed E-state index contributed by atoms with van der Waals surface area (Å²) in [7, 11) is 1.77. The van der Waals surface area contributed by atoms with E-state index in [0.29, 0.717) is 17.6 Å². The van der Waals surface area contributed by atoms with Crippen LogP contribution in [0.4, 0.5) is 5.69 Å². The van der Waals surface area contributed by atoms with E-state index in [1.54, 1.807) is 7.05 Å². The van der Waals surface area contributed by atoms with Gasteiger partial charge in [0.05, 0.1) is 11.2 Å². The molecular weight excluding hydrogens is 330 g/mol. The van der Waals surface area contributed by atoms with Gasteiger partial charge in [-0.25, -0.2) is 0 Å². The number of fused-ring (bicyclic) bond motifs is 3. The fraction of sp³-hybridized carbons (Fsp3) is 0.350. The van der Waals surface area contributed by atoms with Gasteiger partial charge < -0.3 is 15.8 Å². The van der Waals surface area contributed by atoms with Crippen LogP contribution in [0.2, 0.25) is 0 Å². The highest BCUT2D eigenvalue weighted by molar-refractivity contribution is 6.25. The van der Waals surface area contributed by atoms with Crippen molar-refractivity contribution in [3.63, 3.8) is 0 Å². The van der Waals surface area contributed by atoms with Gasteiger partial charge in [-0.2, -0.15) is 0 Å². The zero-order valence-corrected chi connectivity index (χ0v) is 15.2. The number of nitrogens with one attached hydrogen (secondary N) is 2. The van der Waals surface area contributed by atoms with E-state index in [0.717, 1.165) is 11.3 Å². The van der Waals surface area contributed by atoms with Crippen LogP contribution in [0.1, 0.15) is 36.7 Å². The SMILES string of the molecule is CNc1cccc2c1C(=O)C1=C3C(O)=C(C(C)=N)C(=O)N3C(C)(C)C1C2. The van der Waals surface area contributed by atoms with Crippen molar-refractivity contribution < 1.29 is 14.7 Å². The first-order valence-corrected chi connectivity index (χ1v) is 8.64. The Hall–Kier alpha value is -2.89. The Morgan fingerprint density at radius 1 is 1.35 bits per heavy atom. The van der Waals surface area contributed by atoms with Crippen LogP contribution in [0, 0.1) is 11.3 Å². The first kappa shape index (κ1) is 16.6. The number of carbonyl (C=O) groups is 2. The van der Waals surface area contributed by atoms with Crippen molar-refractivity contribution in [1.82, 2.24) is 4.90 Å². The standard InChI is InChI=1S/C20H21N3O3/c1-9(21)13-18(25)16-15-11(20(2,3)23(16)19(13)26)8-10-6-5-7-12(22-4)14(10)17(15)24/h5-7,11,21-22,25H,8H2,1-4H3. The smallest absolute Gasteiger partial charge is 0.264 e. The largest absolute Gasteiger partial charge is 0.505 e. The Balaban J connectivity index is 2.02. The summed E-state index contributed by atoms with van der Waals surface area (Å²) >= 11 is 0. The second-order valence-corrected chi connectivity index (χ2v) is 7.58. The minimum Gasteiger partial charge on any atom is -0.505 e. The Labute approximate surface area is 151 Å². The van der Waals surface area contributed by atoms with Crippen molar-refractivity contribution >= 4 is 23.1 Å². The number of hydrogen-bond donors (Lipinski definition) is 3. The Morgan fingerprint density at radius 3 is 2.65 bits per heavy atom. The van der Waals surface area contributed by atoms with Gasteiger partial charge in [0.2, 0.25) is 0 Å². The number of carbonyl (C=O) groups excluding carboxylic acids is 2. The zero-order chi connectivity index (χ0) is 19.0. The van der Waals surface area contributed by atoms with E-state index in [-0.39, 0.29) is 34.4 Å². The van der Waals surface area contributed by atoms with Gasteiger partial charge in [0.15, 0.2) is 11.5 Å². The highest BCUT2D eigenvalue weighted by Gasteiger charge is 2.58. The molecule has 1 aromatic rings. The minimum absolute atomic E-state index is 0.00178. The molecule has 2 aliphatic heterocycles. The Bertz CT molecular complexity index is 969. The van der Waals surface area contributed by atoms with E-state index in [4.69, 9.17) is 5.41 Å². The molecule has 0 radical (unpaired) electrons. The van der Waals surface area contributed by atoms with Crippen LogP contribution in [0.25, 0.3) is 0 Å². The van der Waals surface area contributed by atoms with E-state index < -0.39 is 11.4 Å². The molecule has 1 aliphatic carbocycles. The first-order valence-electron chi connectivity index (χ1n) is 8.64. The van der Waals surface area contributed by atoms with Gasteiger partial charge in [-0.15, -0.1) is 0 Å². The molecule has 6 heteroatoms. The van der Waals surface area contributed by atoms with Gasteiger partial charge in [0.25, 0.3) is 5.91 Å². The molecule has 4 rings (SSSR count). The minimum atomic E-state index is -0.657. The lowest BCUT2D eigenvalue weighted by Gasteiger charge is -2.38. The van der Waals surface area contributed by atoms with E-state index in [9.17, 15) is 14.7 Å². The number of benzene rings is 1. The Morgan fingerprint density at radius 2 is 2.04 bits per heavy atom. The van der Waals surface area contributed by atoms with Crippen LogP contribution >= 0.6 is 0 Å². The van der Waals surface area contributed by atoms with E-state index in [2.05, 4.69) is 5.32 Å². The molecule has 1 aromatic carbocycles. The predicted molar refractivity (Wildman–Crippen MR) is 98.5 cm³/mol. The molecule has 2 heterocycles. The number of ketones is 1. The number of anilines is 1. The quantitative estimate of drug-likeness (QED) is 0.714. The molecule has 26 heavy (non-hydrogen) atoms. The van der Waals surface area contributed by atoms with Crippen molar-refractivity contribution in [2.24, 2.45) is 5.92 Å². The average Bonchev–Trinajstić information content (AvgIpc) is 2.98. The molecule has 1 unspecified atom stereocenters. The monoisotopic (exact) mass is 351 g/mol. The summed E-state index contributed by atoms with van der Waals surface area (Å²) in [6.07, 6.45) is 0.623. The van der Waals surface area contributed by atoms with E-state index in [1.807, 2.05) is 32.0 Å². The van der Waals surface area contributed by atoms with Crippen LogP contribution in [-0.2, 0) is 11.2 Å². The summed E-state index contributed by atoms with van der Waals surface area (Å²) in [5.41, 5.74) is 2.39. The van der Waals surface area contributed by atoms with E-state index in [1.165, 1.54) is 11.8 Å². The molecule has 0 saturated carbocycles. The maximum atomic E-state index is 13.4. The third-order valence-corrected chi connectivity index (χ3v) is 5.83.